The van der Waals surface area contributed by atoms with Crippen LogP contribution in [0.1, 0.15) is 28.9 Å². The number of halogens is 2. The topological polar surface area (TPSA) is 49.3 Å². The highest BCUT2D eigenvalue weighted by atomic mass is 79.9. The van der Waals surface area contributed by atoms with Crippen molar-refractivity contribution in [1.82, 2.24) is 5.32 Å². The standard InChI is InChI=1S/C15H13Br2NO2/c1-9(10-3-2-4-11(16)7-10)18-15(20)13-8-12(17)5-6-14(13)19/h2-9,19H,1H3,(H,18,20). The molecule has 2 rings (SSSR count). The maximum Gasteiger partial charge on any atom is 0.255 e. The van der Waals surface area contributed by atoms with Gasteiger partial charge in [-0.1, -0.05) is 44.0 Å². The summed E-state index contributed by atoms with van der Waals surface area (Å²) >= 11 is 6.69. The van der Waals surface area contributed by atoms with E-state index in [0.29, 0.717) is 0 Å². The van der Waals surface area contributed by atoms with E-state index in [1.54, 1.807) is 12.1 Å². The Balaban J connectivity index is 2.17. The number of aromatic hydroxyl groups is 1. The Morgan fingerprint density at radius 3 is 2.55 bits per heavy atom. The normalized spacial score (nSPS) is 11.9. The zero-order valence-corrected chi connectivity index (χ0v) is 13.9. The smallest absolute Gasteiger partial charge is 0.255 e. The van der Waals surface area contributed by atoms with Crippen molar-refractivity contribution < 1.29 is 9.90 Å². The Bertz CT molecular complexity index is 644. The minimum absolute atomic E-state index is 0.0351. The van der Waals surface area contributed by atoms with Gasteiger partial charge in [-0.05, 0) is 42.8 Å². The van der Waals surface area contributed by atoms with Crippen LogP contribution < -0.4 is 5.32 Å². The van der Waals surface area contributed by atoms with Gasteiger partial charge in [0.25, 0.3) is 5.91 Å². The Morgan fingerprint density at radius 2 is 1.85 bits per heavy atom. The van der Waals surface area contributed by atoms with Crippen molar-refractivity contribution in [1.29, 1.82) is 0 Å². The molecule has 2 aromatic carbocycles. The third-order valence-electron chi connectivity index (χ3n) is 2.90. The van der Waals surface area contributed by atoms with E-state index in [0.717, 1.165) is 14.5 Å². The molecular weight excluding hydrogens is 386 g/mol. The first-order valence-electron chi connectivity index (χ1n) is 6.02. The molecule has 0 saturated carbocycles. The van der Waals surface area contributed by atoms with E-state index in [1.165, 1.54) is 6.07 Å². The van der Waals surface area contributed by atoms with Gasteiger partial charge in [-0.15, -0.1) is 0 Å². The molecule has 0 aliphatic heterocycles. The summed E-state index contributed by atoms with van der Waals surface area (Å²) in [5.41, 5.74) is 1.24. The van der Waals surface area contributed by atoms with E-state index in [1.807, 2.05) is 31.2 Å². The van der Waals surface area contributed by atoms with E-state index in [-0.39, 0.29) is 23.3 Å². The summed E-state index contributed by atoms with van der Waals surface area (Å²) in [7, 11) is 0. The monoisotopic (exact) mass is 397 g/mol. The lowest BCUT2D eigenvalue weighted by atomic mass is 10.1. The van der Waals surface area contributed by atoms with E-state index in [9.17, 15) is 9.90 Å². The molecule has 2 aromatic rings. The van der Waals surface area contributed by atoms with E-state index >= 15 is 0 Å². The third-order valence-corrected chi connectivity index (χ3v) is 3.89. The molecule has 1 atom stereocenters. The number of phenolic OH excluding ortho intramolecular Hbond substituents is 1. The van der Waals surface area contributed by atoms with Crippen LogP contribution in [0.4, 0.5) is 0 Å². The van der Waals surface area contributed by atoms with Crippen LogP contribution in [0.3, 0.4) is 0 Å². The second-order valence-corrected chi connectivity index (χ2v) is 6.24. The number of nitrogens with one attached hydrogen (secondary N) is 1. The van der Waals surface area contributed by atoms with Crippen LogP contribution in [0, 0.1) is 0 Å². The lowest BCUT2D eigenvalue weighted by molar-refractivity contribution is 0.0937. The molecule has 20 heavy (non-hydrogen) atoms. The fourth-order valence-corrected chi connectivity index (χ4v) is 2.60. The van der Waals surface area contributed by atoms with E-state index in [2.05, 4.69) is 37.2 Å². The second kappa shape index (κ2) is 6.41. The van der Waals surface area contributed by atoms with Gasteiger partial charge < -0.3 is 10.4 Å². The highest BCUT2D eigenvalue weighted by Gasteiger charge is 2.15. The fourth-order valence-electron chi connectivity index (χ4n) is 1.82. The van der Waals surface area contributed by atoms with Crippen LogP contribution >= 0.6 is 31.9 Å². The minimum atomic E-state index is -0.309. The molecule has 0 heterocycles. The molecule has 104 valence electrons. The van der Waals surface area contributed by atoms with Crippen molar-refractivity contribution >= 4 is 37.8 Å². The molecule has 0 aromatic heterocycles. The van der Waals surface area contributed by atoms with Gasteiger partial charge in [0.1, 0.15) is 5.75 Å². The summed E-state index contributed by atoms with van der Waals surface area (Å²) in [5.74, 6) is -0.344. The minimum Gasteiger partial charge on any atom is -0.507 e. The van der Waals surface area contributed by atoms with E-state index in [4.69, 9.17) is 0 Å². The maximum absolute atomic E-state index is 12.2. The van der Waals surface area contributed by atoms with Gasteiger partial charge >= 0.3 is 0 Å². The predicted molar refractivity (Wildman–Crippen MR) is 85.8 cm³/mol. The highest BCUT2D eigenvalue weighted by molar-refractivity contribution is 9.10. The van der Waals surface area contributed by atoms with Crippen molar-refractivity contribution in [3.8, 4) is 5.75 Å². The van der Waals surface area contributed by atoms with Crippen LogP contribution in [0.25, 0.3) is 0 Å². The highest BCUT2D eigenvalue weighted by Crippen LogP contribution is 2.23. The molecule has 0 spiro atoms. The largest absolute Gasteiger partial charge is 0.507 e. The lowest BCUT2D eigenvalue weighted by Gasteiger charge is -2.15. The van der Waals surface area contributed by atoms with Gasteiger partial charge in [0.2, 0.25) is 0 Å². The lowest BCUT2D eigenvalue weighted by Crippen LogP contribution is -2.26. The first-order valence-corrected chi connectivity index (χ1v) is 7.61. The van der Waals surface area contributed by atoms with Crippen molar-refractivity contribution in [3.05, 3.63) is 62.5 Å². The first-order chi connectivity index (χ1) is 9.47. The van der Waals surface area contributed by atoms with Crippen molar-refractivity contribution in [2.75, 3.05) is 0 Å². The molecule has 5 heteroatoms. The second-order valence-electron chi connectivity index (χ2n) is 4.41. The average Bonchev–Trinajstić information content (AvgIpc) is 2.41. The number of amides is 1. The summed E-state index contributed by atoms with van der Waals surface area (Å²) in [6.07, 6.45) is 0. The fraction of sp³-hybridized carbons (Fsp3) is 0.133. The zero-order valence-electron chi connectivity index (χ0n) is 10.7. The molecule has 0 saturated heterocycles. The number of hydrogen-bond acceptors (Lipinski definition) is 2. The molecule has 0 radical (unpaired) electrons. The average molecular weight is 399 g/mol. The first kappa shape index (κ1) is 15.1. The summed E-state index contributed by atoms with van der Waals surface area (Å²) < 4.78 is 1.71. The molecule has 0 aliphatic carbocycles. The molecule has 3 nitrogen and oxygen atoms in total. The predicted octanol–water partition coefficient (Wildman–Crippen LogP) is 4.41. The van der Waals surface area contributed by atoms with E-state index < -0.39 is 0 Å². The van der Waals surface area contributed by atoms with Gasteiger partial charge in [0.05, 0.1) is 11.6 Å². The van der Waals surface area contributed by atoms with Gasteiger partial charge in [-0.3, -0.25) is 4.79 Å². The number of phenols is 1. The Kier molecular flexibility index (Phi) is 4.83. The maximum atomic E-state index is 12.2. The molecule has 1 unspecified atom stereocenters. The van der Waals surface area contributed by atoms with Crippen molar-refractivity contribution in [2.24, 2.45) is 0 Å². The Morgan fingerprint density at radius 1 is 1.15 bits per heavy atom. The number of hydrogen-bond donors (Lipinski definition) is 2. The molecule has 0 aliphatic rings. The summed E-state index contributed by atoms with van der Waals surface area (Å²) in [4.78, 5) is 12.2. The number of benzene rings is 2. The molecule has 2 N–H and O–H groups in total. The number of rotatable bonds is 3. The Labute approximate surface area is 134 Å². The molecular formula is C15H13Br2NO2. The quantitative estimate of drug-likeness (QED) is 0.804. The van der Waals surface area contributed by atoms with Crippen LogP contribution in [0.15, 0.2) is 51.4 Å². The summed E-state index contributed by atoms with van der Waals surface area (Å²) in [6.45, 7) is 1.90. The molecule has 0 bridgehead atoms. The zero-order chi connectivity index (χ0) is 14.7. The Hall–Kier alpha value is -1.33. The molecule has 1 amide bonds. The van der Waals surface area contributed by atoms with Crippen molar-refractivity contribution in [3.63, 3.8) is 0 Å². The summed E-state index contributed by atoms with van der Waals surface area (Å²) in [6, 6.07) is 12.3. The van der Waals surface area contributed by atoms with Crippen LogP contribution in [0.5, 0.6) is 5.75 Å². The van der Waals surface area contributed by atoms with Gasteiger partial charge in [-0.2, -0.15) is 0 Å². The van der Waals surface area contributed by atoms with Gasteiger partial charge in [0, 0.05) is 8.95 Å². The SMILES string of the molecule is CC(NC(=O)c1cc(Br)ccc1O)c1cccc(Br)c1. The third kappa shape index (κ3) is 3.61. The number of carbonyl (C=O) groups excluding carboxylic acids is 1. The van der Waals surface area contributed by atoms with Crippen LogP contribution in [-0.2, 0) is 0 Å². The van der Waals surface area contributed by atoms with Crippen molar-refractivity contribution in [2.45, 2.75) is 13.0 Å². The van der Waals surface area contributed by atoms with Crippen LogP contribution in [0.2, 0.25) is 0 Å². The number of carbonyl (C=O) groups is 1. The van der Waals surface area contributed by atoms with Gasteiger partial charge in [0.15, 0.2) is 0 Å². The molecule has 0 fully saturated rings. The van der Waals surface area contributed by atoms with Crippen LogP contribution in [-0.4, -0.2) is 11.0 Å². The summed E-state index contributed by atoms with van der Waals surface area (Å²) in [5, 5.41) is 12.6. The van der Waals surface area contributed by atoms with Gasteiger partial charge in [-0.25, -0.2) is 0 Å².